The van der Waals surface area contributed by atoms with Crippen LogP contribution in [0.4, 0.5) is 0 Å². The minimum Gasteiger partial charge on any atom is -0.481 e. The molecule has 0 unspecified atom stereocenters. The van der Waals surface area contributed by atoms with E-state index >= 15 is 0 Å². The van der Waals surface area contributed by atoms with Crippen LogP contribution in [0.2, 0.25) is 0 Å². The monoisotopic (exact) mass is 268 g/mol. The average Bonchev–Trinajstić information content (AvgIpc) is 2.70. The van der Waals surface area contributed by atoms with Crippen molar-refractivity contribution < 1.29 is 20.1 Å². The van der Waals surface area contributed by atoms with Gasteiger partial charge in [0.05, 0.1) is 12.5 Å². The summed E-state index contributed by atoms with van der Waals surface area (Å²) >= 11 is 0. The van der Waals surface area contributed by atoms with E-state index in [4.69, 9.17) is 10.2 Å². The van der Waals surface area contributed by atoms with Crippen molar-refractivity contribution in [2.75, 3.05) is 6.61 Å². The van der Waals surface area contributed by atoms with Crippen LogP contribution < -0.4 is 0 Å². The number of aliphatic hydroxyl groups excluding tert-OH is 2. The summed E-state index contributed by atoms with van der Waals surface area (Å²) in [6, 6.07) is 0. The average molecular weight is 268 g/mol. The van der Waals surface area contributed by atoms with E-state index in [-0.39, 0.29) is 24.9 Å². The van der Waals surface area contributed by atoms with Crippen molar-refractivity contribution in [1.82, 2.24) is 0 Å². The van der Waals surface area contributed by atoms with Crippen molar-refractivity contribution in [3.8, 4) is 0 Å². The van der Waals surface area contributed by atoms with Gasteiger partial charge >= 0.3 is 5.97 Å². The minimum atomic E-state index is -0.837. The van der Waals surface area contributed by atoms with Gasteiger partial charge in [-0.05, 0) is 38.0 Å². The molecule has 3 N–H and O–H groups in total. The quantitative estimate of drug-likeness (QED) is 0.465. The van der Waals surface area contributed by atoms with Gasteiger partial charge < -0.3 is 15.3 Å². The van der Waals surface area contributed by atoms with Crippen LogP contribution in [0.1, 0.15) is 38.5 Å². The Kier molecular flexibility index (Phi) is 7.45. The molecule has 0 amide bonds. The second-order valence-corrected chi connectivity index (χ2v) is 5.06. The molecule has 1 rings (SSSR count). The van der Waals surface area contributed by atoms with E-state index in [0.29, 0.717) is 12.8 Å². The Morgan fingerprint density at radius 1 is 1.11 bits per heavy atom. The van der Waals surface area contributed by atoms with Crippen LogP contribution in [0.15, 0.2) is 24.3 Å². The highest BCUT2D eigenvalue weighted by Gasteiger charge is 2.34. The molecule has 4 nitrogen and oxygen atoms in total. The number of carboxylic acids is 1. The van der Waals surface area contributed by atoms with Crippen LogP contribution in [-0.2, 0) is 4.79 Å². The number of rotatable bonds is 8. The molecule has 1 fully saturated rings. The van der Waals surface area contributed by atoms with Gasteiger partial charge in [-0.3, -0.25) is 4.79 Å². The first kappa shape index (κ1) is 15.9. The number of hydrogen-bond acceptors (Lipinski definition) is 3. The van der Waals surface area contributed by atoms with Crippen LogP contribution in [0.25, 0.3) is 0 Å². The molecule has 19 heavy (non-hydrogen) atoms. The first-order valence-electron chi connectivity index (χ1n) is 6.97. The fraction of sp³-hybridized carbons (Fsp3) is 0.667. The van der Waals surface area contributed by atoms with Gasteiger partial charge in [-0.25, -0.2) is 0 Å². The van der Waals surface area contributed by atoms with Gasteiger partial charge in [0.15, 0.2) is 0 Å². The Hall–Kier alpha value is -1.13. The molecular formula is C15H24O4. The lowest BCUT2D eigenvalue weighted by molar-refractivity contribution is -0.139. The number of aliphatic carboxylic acids is 1. The Balaban J connectivity index is 2.32. The number of unbranched alkanes of at least 4 members (excludes halogenated alkanes) is 1. The van der Waals surface area contributed by atoms with E-state index in [1.807, 2.05) is 12.2 Å². The van der Waals surface area contributed by atoms with Gasteiger partial charge in [-0.1, -0.05) is 24.3 Å². The Labute approximate surface area is 114 Å². The molecule has 1 aliphatic rings. The highest BCUT2D eigenvalue weighted by Crippen LogP contribution is 2.35. The predicted octanol–water partition coefficient (Wildman–Crippen LogP) is 2.12. The van der Waals surface area contributed by atoms with Crippen LogP contribution in [0.3, 0.4) is 0 Å². The first-order valence-corrected chi connectivity index (χ1v) is 6.97. The molecule has 108 valence electrons. The minimum absolute atomic E-state index is 0.0482. The Morgan fingerprint density at radius 3 is 2.47 bits per heavy atom. The molecule has 0 aromatic heterocycles. The molecule has 0 aliphatic heterocycles. The second kappa shape index (κ2) is 8.88. The molecule has 0 radical (unpaired) electrons. The zero-order chi connectivity index (χ0) is 14.1. The lowest BCUT2D eigenvalue weighted by atomic mass is 9.91. The summed E-state index contributed by atoms with van der Waals surface area (Å²) in [6.07, 6.45) is 11.8. The summed E-state index contributed by atoms with van der Waals surface area (Å²) in [4.78, 5) is 10.8. The van der Waals surface area contributed by atoms with Crippen molar-refractivity contribution in [3.63, 3.8) is 0 Å². The summed E-state index contributed by atoms with van der Waals surface area (Å²) in [5.74, 6) is -0.789. The summed E-state index contributed by atoms with van der Waals surface area (Å²) in [6.45, 7) is 0.184. The van der Waals surface area contributed by atoms with Gasteiger partial charge in [-0.2, -0.15) is 0 Å². The summed E-state index contributed by atoms with van der Waals surface area (Å²) in [7, 11) is 0. The SMILES string of the molecule is O=C(O)C[C@H]1[C@@H](O)CC[C@@H]1C=CCC/C=C\CCO. The fourth-order valence-corrected chi connectivity index (χ4v) is 2.58. The maximum absolute atomic E-state index is 10.8. The van der Waals surface area contributed by atoms with Crippen LogP contribution in [0, 0.1) is 11.8 Å². The zero-order valence-corrected chi connectivity index (χ0v) is 11.2. The normalized spacial score (nSPS) is 27.6. The highest BCUT2D eigenvalue weighted by atomic mass is 16.4. The van der Waals surface area contributed by atoms with Gasteiger partial charge in [0.2, 0.25) is 0 Å². The molecule has 3 atom stereocenters. The summed E-state index contributed by atoms with van der Waals surface area (Å²) in [5.41, 5.74) is 0. The van der Waals surface area contributed by atoms with Crippen molar-refractivity contribution >= 4 is 5.97 Å². The van der Waals surface area contributed by atoms with Gasteiger partial charge in [0.25, 0.3) is 0 Å². The largest absolute Gasteiger partial charge is 0.481 e. The van der Waals surface area contributed by atoms with Crippen molar-refractivity contribution in [2.45, 2.75) is 44.6 Å². The molecule has 0 aromatic rings. The van der Waals surface area contributed by atoms with Crippen molar-refractivity contribution in [3.05, 3.63) is 24.3 Å². The molecule has 1 aliphatic carbocycles. The molecule has 1 saturated carbocycles. The van der Waals surface area contributed by atoms with E-state index in [1.165, 1.54) is 0 Å². The van der Waals surface area contributed by atoms with Crippen LogP contribution in [-0.4, -0.2) is 34.0 Å². The van der Waals surface area contributed by atoms with Crippen LogP contribution >= 0.6 is 0 Å². The third-order valence-electron chi connectivity index (χ3n) is 3.60. The number of carboxylic acid groups (broad SMARTS) is 1. The molecule has 0 saturated heterocycles. The smallest absolute Gasteiger partial charge is 0.303 e. The Morgan fingerprint density at radius 2 is 1.79 bits per heavy atom. The van der Waals surface area contributed by atoms with Crippen molar-refractivity contribution in [2.24, 2.45) is 11.8 Å². The lowest BCUT2D eigenvalue weighted by Gasteiger charge is -2.17. The maximum Gasteiger partial charge on any atom is 0.303 e. The lowest BCUT2D eigenvalue weighted by Crippen LogP contribution is -2.21. The van der Waals surface area contributed by atoms with E-state index in [9.17, 15) is 9.90 Å². The number of carbonyl (C=O) groups is 1. The molecule has 0 aromatic carbocycles. The second-order valence-electron chi connectivity index (χ2n) is 5.06. The zero-order valence-electron chi connectivity index (χ0n) is 11.2. The fourth-order valence-electron chi connectivity index (χ4n) is 2.58. The number of hydrogen-bond donors (Lipinski definition) is 3. The third-order valence-corrected chi connectivity index (χ3v) is 3.60. The van der Waals surface area contributed by atoms with Gasteiger partial charge in [-0.15, -0.1) is 0 Å². The number of allylic oxidation sites excluding steroid dienone is 3. The topological polar surface area (TPSA) is 77.8 Å². The highest BCUT2D eigenvalue weighted by molar-refractivity contribution is 5.67. The van der Waals surface area contributed by atoms with Gasteiger partial charge in [0, 0.05) is 12.5 Å². The molecule has 0 spiro atoms. The van der Waals surface area contributed by atoms with Crippen LogP contribution in [0.5, 0.6) is 0 Å². The summed E-state index contributed by atoms with van der Waals surface area (Å²) < 4.78 is 0. The van der Waals surface area contributed by atoms with Crippen molar-refractivity contribution in [1.29, 1.82) is 0 Å². The predicted molar refractivity (Wildman–Crippen MR) is 73.7 cm³/mol. The molecular weight excluding hydrogens is 244 g/mol. The standard InChI is InChI=1S/C15H24O4/c16-10-6-4-2-1-3-5-7-12-8-9-14(17)13(12)11-15(18)19/h2,4-5,7,12-14,16-17H,1,3,6,8-11H2,(H,18,19)/b4-2-,7-5?/t12-,13+,14-/m0/s1. The first-order chi connectivity index (χ1) is 9.15. The van der Waals surface area contributed by atoms with E-state index < -0.39 is 12.1 Å². The molecule has 0 heterocycles. The van der Waals surface area contributed by atoms with E-state index in [2.05, 4.69) is 12.2 Å². The molecule has 0 bridgehead atoms. The third kappa shape index (κ3) is 6.03. The maximum atomic E-state index is 10.8. The molecule has 4 heteroatoms. The van der Waals surface area contributed by atoms with E-state index in [1.54, 1.807) is 0 Å². The summed E-state index contributed by atoms with van der Waals surface area (Å²) in [5, 5.41) is 27.2. The van der Waals surface area contributed by atoms with E-state index in [0.717, 1.165) is 19.3 Å². The number of aliphatic hydroxyl groups is 2. The Bertz CT molecular complexity index is 322. The van der Waals surface area contributed by atoms with Gasteiger partial charge in [0.1, 0.15) is 0 Å².